The second-order valence-electron chi connectivity index (χ2n) is 12.6. The molecule has 210 valence electrons. The molecular formula is C32H40O7. The summed E-state index contributed by atoms with van der Waals surface area (Å²) in [6.45, 7) is 12.3. The molecular weight excluding hydrogens is 496 g/mol. The van der Waals surface area contributed by atoms with E-state index < -0.39 is 56.8 Å². The molecule has 0 aliphatic heterocycles. The van der Waals surface area contributed by atoms with Crippen LogP contribution >= 0.6 is 0 Å². The fraction of sp³-hybridized carbons (Fsp3) is 0.531. The van der Waals surface area contributed by atoms with Crippen molar-refractivity contribution in [3.63, 3.8) is 0 Å². The lowest BCUT2D eigenvalue weighted by Crippen LogP contribution is -2.69. The summed E-state index contributed by atoms with van der Waals surface area (Å²) in [6.07, 6.45) is 5.37. The van der Waals surface area contributed by atoms with Gasteiger partial charge >= 0.3 is 0 Å². The molecule has 7 heteroatoms. The number of hydrogen-bond donors (Lipinski definition) is 4. The van der Waals surface area contributed by atoms with Crippen molar-refractivity contribution in [1.82, 2.24) is 0 Å². The first-order valence-corrected chi connectivity index (χ1v) is 13.8. The number of unbranched alkanes of at least 4 members (excludes halogenated alkanes) is 1. The molecule has 0 aromatic heterocycles. The highest BCUT2D eigenvalue weighted by atomic mass is 16.3. The number of fused-ring (bicyclic) bond motifs is 3. The molecule has 1 unspecified atom stereocenters. The Bertz CT molecular complexity index is 1380. The Morgan fingerprint density at radius 2 is 1.77 bits per heavy atom. The number of benzene rings is 1. The van der Waals surface area contributed by atoms with Crippen LogP contribution in [0.4, 0.5) is 0 Å². The van der Waals surface area contributed by atoms with Crippen molar-refractivity contribution in [2.24, 2.45) is 22.7 Å². The number of hydrogen-bond acceptors (Lipinski definition) is 7. The van der Waals surface area contributed by atoms with E-state index in [1.165, 1.54) is 6.07 Å². The van der Waals surface area contributed by atoms with Gasteiger partial charge in [-0.15, -0.1) is 0 Å². The number of rotatable bonds is 6. The first-order chi connectivity index (χ1) is 18.1. The number of carbonyl (C=O) groups excluding carboxylic acids is 3. The number of carbonyl (C=O) groups is 3. The van der Waals surface area contributed by atoms with Crippen molar-refractivity contribution in [2.75, 3.05) is 0 Å². The average molecular weight is 537 g/mol. The number of aliphatic hydroxyl groups is 3. The third-order valence-corrected chi connectivity index (χ3v) is 9.25. The average Bonchev–Trinajstić information content (AvgIpc) is 2.81. The van der Waals surface area contributed by atoms with Crippen molar-refractivity contribution in [3.8, 4) is 5.75 Å². The van der Waals surface area contributed by atoms with Gasteiger partial charge in [0.15, 0.2) is 17.2 Å². The normalized spacial score (nSPS) is 30.9. The van der Waals surface area contributed by atoms with Gasteiger partial charge in [-0.1, -0.05) is 58.8 Å². The molecule has 4 N–H and O–H groups in total. The summed E-state index contributed by atoms with van der Waals surface area (Å²) >= 11 is 0. The third-order valence-electron chi connectivity index (χ3n) is 9.25. The van der Waals surface area contributed by atoms with E-state index in [0.29, 0.717) is 5.56 Å². The Labute approximate surface area is 229 Å². The summed E-state index contributed by atoms with van der Waals surface area (Å²) in [6, 6.07) is 3.27. The highest BCUT2D eigenvalue weighted by Crippen LogP contribution is 2.65. The van der Waals surface area contributed by atoms with Gasteiger partial charge in [-0.2, -0.15) is 0 Å². The van der Waals surface area contributed by atoms with Crippen molar-refractivity contribution >= 4 is 29.2 Å². The van der Waals surface area contributed by atoms with Gasteiger partial charge in [-0.3, -0.25) is 14.4 Å². The molecule has 3 aliphatic rings. The number of aliphatic hydroxyl groups excluding tert-OH is 2. The number of Topliss-reactive ketones (excluding diaryl/α,β-unsaturated/α-hetero) is 3. The van der Waals surface area contributed by atoms with E-state index in [1.807, 2.05) is 19.9 Å². The summed E-state index contributed by atoms with van der Waals surface area (Å²) in [5.41, 5.74) is -2.98. The van der Waals surface area contributed by atoms with Gasteiger partial charge in [0.05, 0.1) is 5.56 Å². The molecule has 0 radical (unpaired) electrons. The van der Waals surface area contributed by atoms with Gasteiger partial charge in [-0.05, 0) is 62.6 Å². The van der Waals surface area contributed by atoms with Crippen LogP contribution in [0.2, 0.25) is 0 Å². The van der Waals surface area contributed by atoms with Crippen molar-refractivity contribution in [1.29, 1.82) is 0 Å². The quantitative estimate of drug-likeness (QED) is 0.339. The van der Waals surface area contributed by atoms with Gasteiger partial charge in [0.1, 0.15) is 22.8 Å². The Morgan fingerprint density at radius 1 is 1.13 bits per heavy atom. The summed E-state index contributed by atoms with van der Waals surface area (Å²) in [7, 11) is 0. The van der Waals surface area contributed by atoms with E-state index in [2.05, 4.69) is 6.92 Å². The van der Waals surface area contributed by atoms with Crippen molar-refractivity contribution in [3.05, 3.63) is 51.3 Å². The van der Waals surface area contributed by atoms with Crippen LogP contribution in [0.5, 0.6) is 5.75 Å². The third kappa shape index (κ3) is 3.92. The Kier molecular flexibility index (Phi) is 7.00. The molecule has 0 amide bonds. The second-order valence-corrected chi connectivity index (χ2v) is 12.6. The SMILES string of the molecule is CCCC/C(C)=C/c1ccc(O)c2c1C[C@]1(C)C[C@]3(C)C(C(C)C)C(=O)C(C(C)=O)=C(O)[C@]3(O)C(=O)C1=C2O. The highest BCUT2D eigenvalue weighted by Gasteiger charge is 2.72. The molecule has 7 nitrogen and oxygen atoms in total. The zero-order valence-corrected chi connectivity index (χ0v) is 23.9. The monoisotopic (exact) mass is 536 g/mol. The lowest BCUT2D eigenvalue weighted by Gasteiger charge is -2.59. The molecule has 0 saturated heterocycles. The lowest BCUT2D eigenvalue weighted by atomic mass is 9.43. The molecule has 0 bridgehead atoms. The largest absolute Gasteiger partial charge is 0.508 e. The minimum absolute atomic E-state index is 0.0819. The maximum atomic E-state index is 14.3. The highest BCUT2D eigenvalue weighted by molar-refractivity contribution is 6.24. The van der Waals surface area contributed by atoms with E-state index in [0.717, 1.165) is 37.3 Å². The Balaban J connectivity index is 2.02. The summed E-state index contributed by atoms with van der Waals surface area (Å²) in [5.74, 6) is -5.15. The van der Waals surface area contributed by atoms with Gasteiger partial charge in [0, 0.05) is 22.3 Å². The zero-order chi connectivity index (χ0) is 29.2. The molecule has 39 heavy (non-hydrogen) atoms. The zero-order valence-electron chi connectivity index (χ0n) is 23.9. The molecule has 0 heterocycles. The van der Waals surface area contributed by atoms with E-state index in [1.54, 1.807) is 26.8 Å². The van der Waals surface area contributed by atoms with Gasteiger partial charge in [-0.25, -0.2) is 0 Å². The number of phenols is 1. The Morgan fingerprint density at radius 3 is 2.33 bits per heavy atom. The van der Waals surface area contributed by atoms with Crippen LogP contribution in [-0.4, -0.2) is 43.4 Å². The van der Waals surface area contributed by atoms with Crippen LogP contribution in [0.1, 0.15) is 90.8 Å². The van der Waals surface area contributed by atoms with Gasteiger partial charge in [0.2, 0.25) is 5.78 Å². The van der Waals surface area contributed by atoms with Crippen LogP contribution in [0, 0.1) is 22.7 Å². The van der Waals surface area contributed by atoms with Crippen molar-refractivity contribution in [2.45, 2.75) is 86.2 Å². The topological polar surface area (TPSA) is 132 Å². The number of aromatic hydroxyl groups is 1. The number of phenolic OH excluding ortho intramolecular Hbond substituents is 1. The first kappa shape index (κ1) is 28.8. The summed E-state index contributed by atoms with van der Waals surface area (Å²) in [4.78, 5) is 40.4. The maximum Gasteiger partial charge on any atom is 0.203 e. The van der Waals surface area contributed by atoms with E-state index in [9.17, 15) is 34.8 Å². The van der Waals surface area contributed by atoms with E-state index in [4.69, 9.17) is 0 Å². The second kappa shape index (κ2) is 9.47. The predicted molar refractivity (Wildman–Crippen MR) is 149 cm³/mol. The summed E-state index contributed by atoms with van der Waals surface area (Å²) < 4.78 is 0. The molecule has 4 rings (SSSR count). The predicted octanol–water partition coefficient (Wildman–Crippen LogP) is 5.78. The lowest BCUT2D eigenvalue weighted by molar-refractivity contribution is -0.178. The van der Waals surface area contributed by atoms with Crippen LogP contribution in [0.3, 0.4) is 0 Å². The van der Waals surface area contributed by atoms with Crippen LogP contribution in [0.15, 0.2) is 34.6 Å². The number of ketones is 3. The van der Waals surface area contributed by atoms with E-state index in [-0.39, 0.29) is 35.6 Å². The van der Waals surface area contributed by atoms with Gasteiger partial charge < -0.3 is 20.4 Å². The molecule has 1 aromatic rings. The van der Waals surface area contributed by atoms with Crippen LogP contribution in [0.25, 0.3) is 11.8 Å². The molecule has 4 atom stereocenters. The summed E-state index contributed by atoms with van der Waals surface area (Å²) in [5, 5.41) is 45.7. The van der Waals surface area contributed by atoms with Gasteiger partial charge in [0.25, 0.3) is 0 Å². The maximum absolute atomic E-state index is 14.3. The molecule has 1 saturated carbocycles. The molecule has 1 aromatic carbocycles. The fourth-order valence-electron chi connectivity index (χ4n) is 7.67. The first-order valence-electron chi connectivity index (χ1n) is 13.8. The molecule has 0 spiro atoms. The van der Waals surface area contributed by atoms with E-state index >= 15 is 0 Å². The van der Waals surface area contributed by atoms with Crippen LogP contribution < -0.4 is 0 Å². The molecule has 3 aliphatic carbocycles. The number of allylic oxidation sites excluding steroid dienone is 2. The van der Waals surface area contributed by atoms with Crippen molar-refractivity contribution < 1.29 is 34.8 Å². The fourth-order valence-corrected chi connectivity index (χ4v) is 7.67. The molecule has 1 fully saturated rings. The van der Waals surface area contributed by atoms with Crippen LogP contribution in [-0.2, 0) is 20.8 Å². The Hall–Kier alpha value is -3.19. The standard InChI is InChI=1S/C32H40O7/c1-8-9-10-17(4)13-19-11-12-21(34)23-20(19)14-30(6)15-31(7)24(16(2)3)26(35)22(18(5)33)28(37)32(31,39)29(38)25(30)27(23)36/h11-13,16,24,34,36-37,39H,8-10,14-15H2,1-7H3/b17-13+/t24?,30-,31-,32+/m1/s1. The smallest absolute Gasteiger partial charge is 0.203 e. The minimum Gasteiger partial charge on any atom is -0.508 e. The minimum atomic E-state index is -2.60.